The van der Waals surface area contributed by atoms with Crippen LogP contribution >= 0.6 is 11.3 Å². The van der Waals surface area contributed by atoms with Gasteiger partial charge in [-0.1, -0.05) is 23.2 Å². The first-order valence-corrected chi connectivity index (χ1v) is 8.05. The SMILES string of the molecule is NCC#Cc1cnc(NC(=O)C2C3C4CCC(C4)C23)s1. The Kier molecular flexibility index (Phi) is 2.83. The predicted molar refractivity (Wildman–Crippen MR) is 78.0 cm³/mol. The number of carbonyl (C=O) groups excluding carboxylic acids is 1. The lowest BCUT2D eigenvalue weighted by molar-refractivity contribution is -0.118. The maximum absolute atomic E-state index is 12.3. The summed E-state index contributed by atoms with van der Waals surface area (Å²) in [6.07, 6.45) is 5.74. The van der Waals surface area contributed by atoms with Gasteiger partial charge in [-0.05, 0) is 42.9 Å². The molecule has 1 heterocycles. The molecule has 104 valence electrons. The Morgan fingerprint density at radius 1 is 1.45 bits per heavy atom. The van der Waals surface area contributed by atoms with Gasteiger partial charge in [-0.3, -0.25) is 4.79 Å². The summed E-state index contributed by atoms with van der Waals surface area (Å²) in [5, 5.41) is 3.63. The summed E-state index contributed by atoms with van der Waals surface area (Å²) in [6.45, 7) is 0.341. The van der Waals surface area contributed by atoms with Crippen LogP contribution < -0.4 is 11.1 Å². The van der Waals surface area contributed by atoms with Gasteiger partial charge in [0.25, 0.3) is 0 Å². The summed E-state index contributed by atoms with van der Waals surface area (Å²) in [5.41, 5.74) is 5.34. The van der Waals surface area contributed by atoms with E-state index in [9.17, 15) is 4.79 Å². The maximum Gasteiger partial charge on any atom is 0.229 e. The largest absolute Gasteiger partial charge is 0.320 e. The smallest absolute Gasteiger partial charge is 0.229 e. The zero-order valence-electron chi connectivity index (χ0n) is 11.1. The molecule has 4 rings (SSSR count). The van der Waals surface area contributed by atoms with Gasteiger partial charge in [-0.15, -0.1) is 0 Å². The molecule has 2 bridgehead atoms. The molecule has 3 aliphatic rings. The number of aromatic nitrogens is 1. The number of anilines is 1. The Hall–Kier alpha value is -1.38. The fraction of sp³-hybridized carbons (Fsp3) is 0.600. The minimum atomic E-state index is 0.171. The third-order valence-electron chi connectivity index (χ3n) is 5.09. The van der Waals surface area contributed by atoms with Crippen LogP contribution in [0, 0.1) is 41.4 Å². The van der Waals surface area contributed by atoms with E-state index in [2.05, 4.69) is 22.1 Å². The highest BCUT2D eigenvalue weighted by molar-refractivity contribution is 7.16. The second-order valence-electron chi connectivity index (χ2n) is 6.04. The Morgan fingerprint density at radius 3 is 2.90 bits per heavy atom. The molecule has 4 atom stereocenters. The van der Waals surface area contributed by atoms with Crippen LogP contribution in [-0.2, 0) is 4.79 Å². The summed E-state index contributed by atoms with van der Waals surface area (Å²) in [6, 6.07) is 0. The molecular weight excluding hydrogens is 270 g/mol. The molecule has 0 aliphatic heterocycles. The second-order valence-corrected chi connectivity index (χ2v) is 7.07. The van der Waals surface area contributed by atoms with Gasteiger partial charge in [0, 0.05) is 5.92 Å². The van der Waals surface area contributed by atoms with E-state index in [1.807, 2.05) is 0 Å². The van der Waals surface area contributed by atoms with Gasteiger partial charge in [0.1, 0.15) is 0 Å². The van der Waals surface area contributed by atoms with Crippen LogP contribution in [-0.4, -0.2) is 17.4 Å². The summed E-state index contributed by atoms with van der Waals surface area (Å²) < 4.78 is 0. The second kappa shape index (κ2) is 4.57. The zero-order chi connectivity index (χ0) is 13.7. The van der Waals surface area contributed by atoms with Crippen LogP contribution in [0.4, 0.5) is 5.13 Å². The van der Waals surface area contributed by atoms with Crippen LogP contribution in [0.2, 0.25) is 0 Å². The van der Waals surface area contributed by atoms with Crippen LogP contribution in [0.15, 0.2) is 6.20 Å². The predicted octanol–water partition coefficient (Wildman–Crippen LogP) is 1.68. The molecule has 1 aromatic heterocycles. The Bertz CT molecular complexity index is 598. The van der Waals surface area contributed by atoms with Crippen molar-refractivity contribution in [3.05, 3.63) is 11.1 Å². The summed E-state index contributed by atoms with van der Waals surface area (Å²) in [7, 11) is 0. The maximum atomic E-state index is 12.3. The van der Waals surface area contributed by atoms with Crippen molar-refractivity contribution in [1.29, 1.82) is 0 Å². The van der Waals surface area contributed by atoms with E-state index in [0.717, 1.165) is 16.7 Å². The minimum Gasteiger partial charge on any atom is -0.320 e. The van der Waals surface area contributed by atoms with E-state index in [1.54, 1.807) is 6.20 Å². The van der Waals surface area contributed by atoms with Crippen LogP contribution in [0.5, 0.6) is 0 Å². The van der Waals surface area contributed by atoms with Gasteiger partial charge in [0.15, 0.2) is 5.13 Å². The van der Waals surface area contributed by atoms with Crippen molar-refractivity contribution in [3.63, 3.8) is 0 Å². The van der Waals surface area contributed by atoms with Gasteiger partial charge in [-0.25, -0.2) is 4.98 Å². The first kappa shape index (κ1) is 12.4. The quantitative estimate of drug-likeness (QED) is 0.813. The van der Waals surface area contributed by atoms with Crippen molar-refractivity contribution in [2.24, 2.45) is 35.3 Å². The van der Waals surface area contributed by atoms with E-state index in [1.165, 1.54) is 30.6 Å². The minimum absolute atomic E-state index is 0.171. The van der Waals surface area contributed by atoms with Gasteiger partial charge in [0.05, 0.1) is 17.6 Å². The molecule has 0 saturated heterocycles. The Balaban J connectivity index is 1.40. The molecule has 1 aromatic rings. The number of thiazole rings is 1. The standard InChI is InChI=1S/C15H17N3OS/c16-5-1-2-10-7-17-15(20-10)18-14(19)13-11-8-3-4-9(6-8)12(11)13/h7-9,11-13H,3-6,16H2,(H,17,18,19). The molecule has 3 fully saturated rings. The number of hydrogen-bond acceptors (Lipinski definition) is 4. The van der Waals surface area contributed by atoms with Gasteiger partial charge in [0.2, 0.25) is 5.91 Å². The molecule has 0 radical (unpaired) electrons. The van der Waals surface area contributed by atoms with Crippen molar-refractivity contribution in [2.75, 3.05) is 11.9 Å². The molecule has 4 nitrogen and oxygen atoms in total. The Morgan fingerprint density at radius 2 is 2.20 bits per heavy atom. The highest BCUT2D eigenvalue weighted by Gasteiger charge is 2.67. The summed E-state index contributed by atoms with van der Waals surface area (Å²) >= 11 is 1.42. The number of fused-ring (bicyclic) bond motifs is 5. The first-order chi connectivity index (χ1) is 9.78. The number of nitrogens with two attached hydrogens (primary N) is 1. The van der Waals surface area contributed by atoms with Gasteiger partial charge in [-0.2, -0.15) is 0 Å². The molecule has 1 amide bonds. The van der Waals surface area contributed by atoms with Crippen LogP contribution in [0.3, 0.4) is 0 Å². The number of carbonyl (C=O) groups is 1. The molecule has 3 aliphatic carbocycles. The highest BCUT2D eigenvalue weighted by atomic mass is 32.1. The van der Waals surface area contributed by atoms with Crippen molar-refractivity contribution < 1.29 is 4.79 Å². The zero-order valence-corrected chi connectivity index (χ0v) is 12.0. The first-order valence-electron chi connectivity index (χ1n) is 7.23. The van der Waals surface area contributed by atoms with Crippen molar-refractivity contribution in [1.82, 2.24) is 4.98 Å². The average Bonchev–Trinajstić information content (AvgIpc) is 2.81. The Labute approximate surface area is 122 Å². The molecule has 3 saturated carbocycles. The average molecular weight is 287 g/mol. The monoisotopic (exact) mass is 287 g/mol. The third kappa shape index (κ3) is 1.87. The molecule has 5 heteroatoms. The molecule has 20 heavy (non-hydrogen) atoms. The van der Waals surface area contributed by atoms with E-state index in [4.69, 9.17) is 5.73 Å². The molecule has 4 unspecified atom stereocenters. The van der Waals surface area contributed by atoms with E-state index < -0.39 is 0 Å². The summed E-state index contributed by atoms with van der Waals surface area (Å²) in [5.74, 6) is 9.14. The lowest BCUT2D eigenvalue weighted by Crippen LogP contribution is -2.18. The summed E-state index contributed by atoms with van der Waals surface area (Å²) in [4.78, 5) is 17.4. The number of hydrogen-bond donors (Lipinski definition) is 2. The van der Waals surface area contributed by atoms with Crippen LogP contribution in [0.25, 0.3) is 0 Å². The fourth-order valence-corrected chi connectivity index (χ4v) is 5.09. The normalized spacial score (nSPS) is 36.1. The van der Waals surface area contributed by atoms with Crippen molar-refractivity contribution >= 4 is 22.4 Å². The molecule has 0 aromatic carbocycles. The van der Waals surface area contributed by atoms with Crippen molar-refractivity contribution in [2.45, 2.75) is 19.3 Å². The number of rotatable bonds is 2. The number of nitrogens with zero attached hydrogens (tertiary/aromatic N) is 1. The van der Waals surface area contributed by atoms with Crippen molar-refractivity contribution in [3.8, 4) is 11.8 Å². The van der Waals surface area contributed by atoms with Crippen LogP contribution in [0.1, 0.15) is 24.1 Å². The molecule has 3 N–H and O–H groups in total. The van der Waals surface area contributed by atoms with Gasteiger partial charge >= 0.3 is 0 Å². The van der Waals surface area contributed by atoms with E-state index >= 15 is 0 Å². The molecular formula is C15H17N3OS. The lowest BCUT2D eigenvalue weighted by Gasteiger charge is -2.07. The fourth-order valence-electron chi connectivity index (χ4n) is 4.39. The van der Waals surface area contributed by atoms with E-state index in [-0.39, 0.29) is 11.8 Å². The topological polar surface area (TPSA) is 68.0 Å². The number of nitrogens with one attached hydrogen (secondary N) is 1. The lowest BCUT2D eigenvalue weighted by atomic mass is 10.0. The van der Waals surface area contributed by atoms with E-state index in [0.29, 0.717) is 23.5 Å². The van der Waals surface area contributed by atoms with Gasteiger partial charge < -0.3 is 11.1 Å². The molecule has 0 spiro atoms. The number of amides is 1. The third-order valence-corrected chi connectivity index (χ3v) is 5.92. The highest BCUT2D eigenvalue weighted by Crippen LogP contribution is 2.69.